The van der Waals surface area contributed by atoms with Gasteiger partial charge in [-0.3, -0.25) is 9.78 Å². The molecule has 0 aliphatic carbocycles. The molecule has 0 fully saturated rings. The summed E-state index contributed by atoms with van der Waals surface area (Å²) in [6.45, 7) is 0. The third-order valence-corrected chi connectivity index (χ3v) is 4.04. The molecule has 3 rings (SSSR count). The number of rotatable bonds is 5. The summed E-state index contributed by atoms with van der Waals surface area (Å²) in [4.78, 5) is 20.9. The van der Waals surface area contributed by atoms with E-state index >= 15 is 0 Å². The molecule has 6 heteroatoms. The van der Waals surface area contributed by atoms with Gasteiger partial charge < -0.3 is 10.1 Å². The maximum atomic E-state index is 12.1. The smallest absolute Gasteiger partial charge is 0.230 e. The Bertz CT molecular complexity index is 802. The number of hydrogen-bond donors (Lipinski definition) is 1. The van der Waals surface area contributed by atoms with Crippen LogP contribution in [0.3, 0.4) is 0 Å². The van der Waals surface area contributed by atoms with Gasteiger partial charge in [-0.05, 0) is 24.3 Å². The number of anilines is 1. The van der Waals surface area contributed by atoms with Gasteiger partial charge in [0.1, 0.15) is 10.8 Å². The maximum absolute atomic E-state index is 12.1. The second kappa shape index (κ2) is 7.02. The number of carbonyl (C=O) groups excluding carboxylic acids is 1. The van der Waals surface area contributed by atoms with E-state index in [4.69, 9.17) is 4.74 Å². The van der Waals surface area contributed by atoms with E-state index in [1.165, 1.54) is 11.3 Å². The fraction of sp³-hybridized carbons (Fsp3) is 0.118. The summed E-state index contributed by atoms with van der Waals surface area (Å²) < 4.78 is 5.14. The number of nitrogens with zero attached hydrogens (tertiary/aromatic N) is 2. The van der Waals surface area contributed by atoms with Crippen molar-refractivity contribution in [1.82, 2.24) is 9.97 Å². The number of pyridine rings is 1. The molecule has 1 N–H and O–H groups in total. The number of methoxy groups -OCH3 is 1. The molecule has 2 heterocycles. The quantitative estimate of drug-likeness (QED) is 0.781. The summed E-state index contributed by atoms with van der Waals surface area (Å²) >= 11 is 1.48. The summed E-state index contributed by atoms with van der Waals surface area (Å²) in [5.41, 5.74) is 2.25. The Hall–Kier alpha value is -2.73. The molecule has 0 spiro atoms. The minimum absolute atomic E-state index is 0.115. The molecular weight excluding hydrogens is 310 g/mol. The number of hydrogen-bond acceptors (Lipinski definition) is 5. The summed E-state index contributed by atoms with van der Waals surface area (Å²) in [6.07, 6.45) is 1.95. The van der Waals surface area contributed by atoms with E-state index in [0.29, 0.717) is 11.4 Å². The molecule has 1 amide bonds. The van der Waals surface area contributed by atoms with Crippen molar-refractivity contribution >= 4 is 22.9 Å². The predicted octanol–water partition coefficient (Wildman–Crippen LogP) is 3.39. The van der Waals surface area contributed by atoms with Gasteiger partial charge in [0, 0.05) is 23.3 Å². The van der Waals surface area contributed by atoms with E-state index < -0.39 is 0 Å². The molecule has 1 aromatic carbocycles. The monoisotopic (exact) mass is 325 g/mol. The number of thiazole rings is 1. The summed E-state index contributed by atoms with van der Waals surface area (Å²) in [6, 6.07) is 12.9. The first kappa shape index (κ1) is 15.2. The number of nitrogens with one attached hydrogen (secondary N) is 1. The van der Waals surface area contributed by atoms with E-state index in [1.54, 1.807) is 19.4 Å². The first-order valence-corrected chi connectivity index (χ1v) is 7.92. The lowest BCUT2D eigenvalue weighted by Gasteiger charge is -2.06. The fourth-order valence-corrected chi connectivity index (χ4v) is 2.86. The number of amides is 1. The lowest BCUT2D eigenvalue weighted by molar-refractivity contribution is -0.115. The SMILES string of the molecule is COc1cccc(NC(=O)Cc2csc(-c3ccccn3)n2)c1. The van der Waals surface area contributed by atoms with Crippen molar-refractivity contribution in [2.45, 2.75) is 6.42 Å². The zero-order chi connectivity index (χ0) is 16.1. The highest BCUT2D eigenvalue weighted by Gasteiger charge is 2.10. The van der Waals surface area contributed by atoms with E-state index in [9.17, 15) is 4.79 Å². The molecule has 2 aromatic heterocycles. The van der Waals surface area contributed by atoms with E-state index in [0.717, 1.165) is 16.4 Å². The summed E-state index contributed by atoms with van der Waals surface area (Å²) in [7, 11) is 1.59. The van der Waals surface area contributed by atoms with Crippen LogP contribution in [0.25, 0.3) is 10.7 Å². The first-order chi connectivity index (χ1) is 11.2. The summed E-state index contributed by atoms with van der Waals surface area (Å²) in [5, 5.41) is 5.54. The number of benzene rings is 1. The zero-order valence-electron chi connectivity index (χ0n) is 12.5. The molecule has 5 nitrogen and oxygen atoms in total. The van der Waals surface area contributed by atoms with Crippen molar-refractivity contribution in [3.8, 4) is 16.5 Å². The second-order valence-corrected chi connectivity index (χ2v) is 5.67. The normalized spacial score (nSPS) is 10.3. The summed E-state index contributed by atoms with van der Waals surface area (Å²) in [5.74, 6) is 0.588. The average molecular weight is 325 g/mol. The van der Waals surface area contributed by atoms with Crippen LogP contribution in [0.2, 0.25) is 0 Å². The second-order valence-electron chi connectivity index (χ2n) is 4.82. The molecule has 0 saturated heterocycles. The highest BCUT2D eigenvalue weighted by atomic mass is 32.1. The van der Waals surface area contributed by atoms with Gasteiger partial charge in [0.25, 0.3) is 0 Å². The van der Waals surface area contributed by atoms with Gasteiger partial charge in [0.2, 0.25) is 5.91 Å². The molecule has 0 bridgehead atoms. The van der Waals surface area contributed by atoms with Crippen LogP contribution in [0, 0.1) is 0 Å². The largest absolute Gasteiger partial charge is 0.497 e. The highest BCUT2D eigenvalue weighted by molar-refractivity contribution is 7.13. The van der Waals surface area contributed by atoms with Crippen molar-refractivity contribution in [1.29, 1.82) is 0 Å². The fourth-order valence-electron chi connectivity index (χ4n) is 2.07. The van der Waals surface area contributed by atoms with Gasteiger partial charge in [0.05, 0.1) is 24.9 Å². The van der Waals surface area contributed by atoms with Gasteiger partial charge in [-0.2, -0.15) is 0 Å². The van der Waals surface area contributed by atoms with Gasteiger partial charge in [-0.1, -0.05) is 12.1 Å². The topological polar surface area (TPSA) is 64.1 Å². The molecule has 0 radical (unpaired) electrons. The predicted molar refractivity (Wildman–Crippen MR) is 90.7 cm³/mol. The molecule has 0 saturated carbocycles. The van der Waals surface area contributed by atoms with Crippen LogP contribution in [0.4, 0.5) is 5.69 Å². The molecule has 3 aromatic rings. The molecule has 0 atom stereocenters. The Labute approximate surface area is 138 Å². The lowest BCUT2D eigenvalue weighted by Crippen LogP contribution is -2.14. The van der Waals surface area contributed by atoms with Crippen LogP contribution in [0.1, 0.15) is 5.69 Å². The zero-order valence-corrected chi connectivity index (χ0v) is 13.3. The molecule has 23 heavy (non-hydrogen) atoms. The van der Waals surface area contributed by atoms with Crippen LogP contribution in [-0.4, -0.2) is 23.0 Å². The lowest BCUT2D eigenvalue weighted by atomic mass is 10.2. The third-order valence-electron chi connectivity index (χ3n) is 3.13. The molecular formula is C17H15N3O2S. The minimum atomic E-state index is -0.115. The average Bonchev–Trinajstić information content (AvgIpc) is 3.04. The molecule has 0 aliphatic heterocycles. The van der Waals surface area contributed by atoms with Crippen molar-refractivity contribution < 1.29 is 9.53 Å². The first-order valence-electron chi connectivity index (χ1n) is 7.04. The van der Waals surface area contributed by atoms with Crippen LogP contribution in [0.15, 0.2) is 54.0 Å². The van der Waals surface area contributed by atoms with Crippen LogP contribution >= 0.6 is 11.3 Å². The number of carbonyl (C=O) groups is 1. The van der Waals surface area contributed by atoms with Crippen molar-refractivity contribution in [3.05, 3.63) is 59.7 Å². The number of aromatic nitrogens is 2. The number of ether oxygens (including phenoxy) is 1. The Morgan fingerprint density at radius 1 is 1.26 bits per heavy atom. The Balaban J connectivity index is 1.65. The van der Waals surface area contributed by atoms with Gasteiger partial charge >= 0.3 is 0 Å². The van der Waals surface area contributed by atoms with Crippen LogP contribution in [0.5, 0.6) is 5.75 Å². The van der Waals surface area contributed by atoms with Crippen molar-refractivity contribution in [2.75, 3.05) is 12.4 Å². The molecule has 0 aliphatic rings. The minimum Gasteiger partial charge on any atom is -0.497 e. The van der Waals surface area contributed by atoms with E-state index in [2.05, 4.69) is 15.3 Å². The van der Waals surface area contributed by atoms with E-state index in [-0.39, 0.29) is 12.3 Å². The van der Waals surface area contributed by atoms with Crippen LogP contribution < -0.4 is 10.1 Å². The van der Waals surface area contributed by atoms with Crippen molar-refractivity contribution in [3.63, 3.8) is 0 Å². The highest BCUT2D eigenvalue weighted by Crippen LogP contribution is 2.22. The third kappa shape index (κ3) is 3.92. The molecule has 0 unspecified atom stereocenters. The van der Waals surface area contributed by atoms with E-state index in [1.807, 2.05) is 41.8 Å². The van der Waals surface area contributed by atoms with Crippen molar-refractivity contribution in [2.24, 2.45) is 0 Å². The standard InChI is InChI=1S/C17H15N3O2S/c1-22-14-6-4-5-12(9-14)19-16(21)10-13-11-23-17(20-13)15-7-2-3-8-18-15/h2-9,11H,10H2,1H3,(H,19,21). The van der Waals surface area contributed by atoms with Gasteiger partial charge in [-0.25, -0.2) is 4.98 Å². The van der Waals surface area contributed by atoms with Gasteiger partial charge in [-0.15, -0.1) is 11.3 Å². The van der Waals surface area contributed by atoms with Gasteiger partial charge in [0.15, 0.2) is 0 Å². The Morgan fingerprint density at radius 3 is 2.96 bits per heavy atom. The molecule has 116 valence electrons. The Kier molecular flexibility index (Phi) is 4.63. The maximum Gasteiger partial charge on any atom is 0.230 e. The van der Waals surface area contributed by atoms with Crippen LogP contribution in [-0.2, 0) is 11.2 Å². The Morgan fingerprint density at radius 2 is 2.17 bits per heavy atom.